The minimum Gasteiger partial charge on any atom is -0.341 e. The van der Waals surface area contributed by atoms with Crippen LogP contribution in [0.25, 0.3) is 0 Å². The molecular formula is C18H29N5. The number of piperazine rings is 1. The Labute approximate surface area is 139 Å². The first-order valence-corrected chi connectivity index (χ1v) is 9.33. The summed E-state index contributed by atoms with van der Waals surface area (Å²) < 4.78 is 0. The molecule has 3 aliphatic rings. The van der Waals surface area contributed by atoms with Crippen molar-refractivity contribution >= 4 is 5.95 Å². The largest absolute Gasteiger partial charge is 0.341 e. The Kier molecular flexibility index (Phi) is 4.49. The van der Waals surface area contributed by atoms with E-state index in [0.717, 1.165) is 31.6 Å². The van der Waals surface area contributed by atoms with Crippen LogP contribution in [0.2, 0.25) is 0 Å². The van der Waals surface area contributed by atoms with Crippen molar-refractivity contribution in [2.75, 3.05) is 37.6 Å². The third-order valence-corrected chi connectivity index (χ3v) is 5.78. The van der Waals surface area contributed by atoms with Gasteiger partial charge in [-0.15, -0.1) is 0 Å². The zero-order valence-corrected chi connectivity index (χ0v) is 14.3. The van der Waals surface area contributed by atoms with Crippen molar-refractivity contribution < 1.29 is 0 Å². The number of piperidine rings is 1. The number of rotatable bonds is 3. The van der Waals surface area contributed by atoms with Gasteiger partial charge in [0.2, 0.25) is 5.95 Å². The van der Waals surface area contributed by atoms with Crippen LogP contribution < -0.4 is 4.90 Å². The second kappa shape index (κ2) is 6.73. The maximum Gasteiger partial charge on any atom is 0.225 e. The molecular weight excluding hydrogens is 286 g/mol. The molecule has 0 aromatic carbocycles. The molecule has 5 heteroatoms. The Morgan fingerprint density at radius 1 is 1.00 bits per heavy atom. The van der Waals surface area contributed by atoms with Crippen LogP contribution in [0.1, 0.15) is 44.6 Å². The van der Waals surface area contributed by atoms with Gasteiger partial charge in [0.25, 0.3) is 0 Å². The topological polar surface area (TPSA) is 35.5 Å². The van der Waals surface area contributed by atoms with Gasteiger partial charge in [-0.2, -0.15) is 0 Å². The molecule has 0 amide bonds. The Morgan fingerprint density at radius 3 is 2.57 bits per heavy atom. The van der Waals surface area contributed by atoms with Crippen LogP contribution in [0.5, 0.6) is 0 Å². The smallest absolute Gasteiger partial charge is 0.225 e. The quantitative estimate of drug-likeness (QED) is 0.854. The SMILES string of the molecule is C[C@@H]1CN2CCC[C@@H]2CN1Cc1cnc(N2CCCCC2)nc1. The molecule has 1 aromatic rings. The Balaban J connectivity index is 1.38. The molecule has 0 N–H and O–H groups in total. The van der Waals surface area contributed by atoms with Gasteiger partial charge in [0.15, 0.2) is 0 Å². The van der Waals surface area contributed by atoms with Crippen LogP contribution in [-0.4, -0.2) is 64.6 Å². The predicted molar refractivity (Wildman–Crippen MR) is 92.6 cm³/mol. The molecule has 4 heterocycles. The summed E-state index contributed by atoms with van der Waals surface area (Å²) in [6, 6.07) is 1.41. The lowest BCUT2D eigenvalue weighted by Gasteiger charge is -2.42. The monoisotopic (exact) mass is 315 g/mol. The van der Waals surface area contributed by atoms with Gasteiger partial charge in [-0.3, -0.25) is 9.80 Å². The van der Waals surface area contributed by atoms with Gasteiger partial charge in [0, 0.05) is 62.8 Å². The standard InChI is InChI=1S/C18H29N5/c1-15-12-22-9-5-6-17(22)14-23(15)13-16-10-19-18(20-11-16)21-7-3-2-4-8-21/h10-11,15,17H,2-9,12-14H2,1H3/t15-,17-/m1/s1. The summed E-state index contributed by atoms with van der Waals surface area (Å²) in [4.78, 5) is 16.9. The highest BCUT2D eigenvalue weighted by Gasteiger charge is 2.34. The second-order valence-corrected chi connectivity index (χ2v) is 7.51. The fourth-order valence-electron chi connectivity index (χ4n) is 4.39. The molecule has 0 radical (unpaired) electrons. The Morgan fingerprint density at radius 2 is 1.78 bits per heavy atom. The molecule has 23 heavy (non-hydrogen) atoms. The van der Waals surface area contributed by atoms with Crippen LogP contribution in [-0.2, 0) is 6.54 Å². The van der Waals surface area contributed by atoms with E-state index in [1.54, 1.807) is 0 Å². The maximum atomic E-state index is 4.64. The molecule has 5 nitrogen and oxygen atoms in total. The summed E-state index contributed by atoms with van der Waals surface area (Å²) >= 11 is 0. The molecule has 0 unspecified atom stereocenters. The summed E-state index contributed by atoms with van der Waals surface area (Å²) in [5.41, 5.74) is 1.25. The average molecular weight is 315 g/mol. The highest BCUT2D eigenvalue weighted by Crippen LogP contribution is 2.25. The second-order valence-electron chi connectivity index (χ2n) is 7.51. The number of fused-ring (bicyclic) bond motifs is 1. The van der Waals surface area contributed by atoms with Crippen molar-refractivity contribution in [2.24, 2.45) is 0 Å². The van der Waals surface area contributed by atoms with Crippen LogP contribution in [0.3, 0.4) is 0 Å². The van der Waals surface area contributed by atoms with Crippen molar-refractivity contribution in [3.63, 3.8) is 0 Å². The zero-order valence-electron chi connectivity index (χ0n) is 14.3. The molecule has 4 rings (SSSR count). The molecule has 3 fully saturated rings. The normalized spacial score (nSPS) is 29.7. The fraction of sp³-hybridized carbons (Fsp3) is 0.778. The highest BCUT2D eigenvalue weighted by atomic mass is 15.3. The number of aromatic nitrogens is 2. The van der Waals surface area contributed by atoms with E-state index in [0.29, 0.717) is 6.04 Å². The Hall–Kier alpha value is -1.20. The van der Waals surface area contributed by atoms with Gasteiger partial charge in [-0.25, -0.2) is 9.97 Å². The average Bonchev–Trinajstić information content (AvgIpc) is 3.04. The van der Waals surface area contributed by atoms with E-state index in [1.807, 2.05) is 12.4 Å². The number of anilines is 1. The van der Waals surface area contributed by atoms with Gasteiger partial charge in [0.1, 0.15) is 0 Å². The summed E-state index contributed by atoms with van der Waals surface area (Å²) in [6.45, 7) is 9.30. The highest BCUT2D eigenvalue weighted by molar-refractivity contribution is 5.30. The third kappa shape index (κ3) is 3.36. The van der Waals surface area contributed by atoms with Gasteiger partial charge in [0.05, 0.1) is 0 Å². The predicted octanol–water partition coefficient (Wildman–Crippen LogP) is 2.14. The van der Waals surface area contributed by atoms with Crippen molar-refractivity contribution in [3.05, 3.63) is 18.0 Å². The van der Waals surface area contributed by atoms with Gasteiger partial charge < -0.3 is 4.90 Å². The lowest BCUT2D eigenvalue weighted by Crippen LogP contribution is -2.54. The van der Waals surface area contributed by atoms with E-state index < -0.39 is 0 Å². The van der Waals surface area contributed by atoms with Crippen molar-refractivity contribution in [1.82, 2.24) is 19.8 Å². The zero-order chi connectivity index (χ0) is 15.6. The third-order valence-electron chi connectivity index (χ3n) is 5.78. The summed E-state index contributed by atoms with van der Waals surface area (Å²) in [5.74, 6) is 0.919. The van der Waals surface area contributed by atoms with Gasteiger partial charge in [-0.05, 0) is 45.6 Å². The van der Waals surface area contributed by atoms with E-state index in [2.05, 4.69) is 31.6 Å². The van der Waals surface area contributed by atoms with E-state index in [4.69, 9.17) is 0 Å². The molecule has 3 aliphatic heterocycles. The lowest BCUT2D eigenvalue weighted by atomic mass is 10.1. The molecule has 0 bridgehead atoms. The lowest BCUT2D eigenvalue weighted by molar-refractivity contribution is 0.0539. The first-order valence-electron chi connectivity index (χ1n) is 9.33. The summed E-state index contributed by atoms with van der Waals surface area (Å²) in [7, 11) is 0. The molecule has 0 aliphatic carbocycles. The van der Waals surface area contributed by atoms with E-state index >= 15 is 0 Å². The summed E-state index contributed by atoms with van der Waals surface area (Å²) in [5, 5.41) is 0. The van der Waals surface area contributed by atoms with Crippen LogP contribution >= 0.6 is 0 Å². The summed E-state index contributed by atoms with van der Waals surface area (Å²) in [6.07, 6.45) is 10.7. The minimum absolute atomic E-state index is 0.631. The van der Waals surface area contributed by atoms with E-state index in [9.17, 15) is 0 Å². The first kappa shape index (κ1) is 15.3. The number of hydrogen-bond donors (Lipinski definition) is 0. The fourth-order valence-corrected chi connectivity index (χ4v) is 4.39. The van der Waals surface area contributed by atoms with Crippen LogP contribution in [0.4, 0.5) is 5.95 Å². The van der Waals surface area contributed by atoms with Crippen molar-refractivity contribution in [3.8, 4) is 0 Å². The van der Waals surface area contributed by atoms with Crippen LogP contribution in [0, 0.1) is 0 Å². The van der Waals surface area contributed by atoms with Crippen molar-refractivity contribution in [1.29, 1.82) is 0 Å². The minimum atomic E-state index is 0.631. The molecule has 2 atom stereocenters. The molecule has 0 spiro atoms. The molecule has 3 saturated heterocycles. The van der Waals surface area contributed by atoms with Gasteiger partial charge in [-0.1, -0.05) is 0 Å². The van der Waals surface area contributed by atoms with Gasteiger partial charge >= 0.3 is 0 Å². The Bertz CT molecular complexity index is 511. The maximum absolute atomic E-state index is 4.64. The number of hydrogen-bond acceptors (Lipinski definition) is 5. The molecule has 0 saturated carbocycles. The van der Waals surface area contributed by atoms with E-state index in [-0.39, 0.29) is 0 Å². The molecule has 126 valence electrons. The number of nitrogens with zero attached hydrogens (tertiary/aromatic N) is 5. The van der Waals surface area contributed by atoms with E-state index in [1.165, 1.54) is 57.3 Å². The van der Waals surface area contributed by atoms with Crippen LogP contribution in [0.15, 0.2) is 12.4 Å². The van der Waals surface area contributed by atoms with Crippen molar-refractivity contribution in [2.45, 2.75) is 57.7 Å². The molecule has 1 aromatic heterocycles. The first-order chi connectivity index (χ1) is 11.3.